The monoisotopic (exact) mass is 473 g/mol. The minimum absolute atomic E-state index is 0.131. The van der Waals surface area contributed by atoms with Crippen LogP contribution in [0, 0.1) is 11.3 Å². The molecule has 0 amide bonds. The van der Waals surface area contributed by atoms with Crippen molar-refractivity contribution in [1.29, 1.82) is 5.26 Å². The van der Waals surface area contributed by atoms with Gasteiger partial charge in [0.25, 0.3) is 0 Å². The molecule has 4 rings (SSSR count). The quantitative estimate of drug-likeness (QED) is 0.467. The first-order valence-electron chi connectivity index (χ1n) is 11.3. The number of aromatic nitrogens is 4. The Morgan fingerprint density at radius 2 is 1.97 bits per heavy atom. The molecule has 0 radical (unpaired) electrons. The molecule has 0 saturated heterocycles. The van der Waals surface area contributed by atoms with Crippen LogP contribution in [0.3, 0.4) is 0 Å². The highest BCUT2D eigenvalue weighted by molar-refractivity contribution is 6.74. The number of hydrogen-bond acceptors (Lipinski definition) is 8. The van der Waals surface area contributed by atoms with Crippen LogP contribution in [0.15, 0.2) is 43.1 Å². The van der Waals surface area contributed by atoms with Gasteiger partial charge in [-0.3, -0.25) is 0 Å². The minimum Gasteiger partial charge on any atom is -0.416 e. The maximum atomic E-state index is 9.89. The lowest BCUT2D eigenvalue weighted by molar-refractivity contribution is 0.220. The summed E-state index contributed by atoms with van der Waals surface area (Å²) in [6.45, 7) is 14.8. The molecule has 9 heteroatoms. The molecule has 8 nitrogen and oxygen atoms in total. The Labute approximate surface area is 202 Å². The summed E-state index contributed by atoms with van der Waals surface area (Å²) in [4.78, 5) is 17.0. The zero-order valence-corrected chi connectivity index (χ0v) is 21.6. The van der Waals surface area contributed by atoms with E-state index >= 15 is 0 Å². The summed E-state index contributed by atoms with van der Waals surface area (Å²) in [5.74, 6) is 0.438. The highest BCUT2D eigenvalue weighted by atomic mass is 28.4. The fraction of sp³-hybridized carbons (Fsp3) is 0.400. The molecule has 1 aliphatic rings. The predicted octanol–water partition coefficient (Wildman–Crippen LogP) is 5.25. The standard InChI is InChI=1S/C25H31N7OSi/c1-24(2,3)34(5,6)33-15-25(4)14-30-22-18(11-26)9-17(10-20(22)25)21-7-8-29-23(32-21)31-19-12-27-16-28-13-19/h7-10,12-13,16,30H,14-15H2,1-6H3,(H,29,31,32). The van der Waals surface area contributed by atoms with Gasteiger partial charge in [0, 0.05) is 30.3 Å². The Bertz CT molecular complexity index is 1230. The number of hydrogen-bond donors (Lipinski definition) is 2. The third-order valence-electron chi connectivity index (χ3n) is 6.89. The Hall–Kier alpha value is -3.35. The van der Waals surface area contributed by atoms with Gasteiger partial charge in [0.15, 0.2) is 8.32 Å². The molecular weight excluding hydrogens is 442 g/mol. The molecule has 0 bridgehead atoms. The Kier molecular flexibility index (Phi) is 6.14. The zero-order valence-electron chi connectivity index (χ0n) is 20.6. The van der Waals surface area contributed by atoms with Crippen LogP contribution in [-0.2, 0) is 9.84 Å². The van der Waals surface area contributed by atoms with Crippen LogP contribution in [0.5, 0.6) is 0 Å². The molecule has 2 aromatic heterocycles. The summed E-state index contributed by atoms with van der Waals surface area (Å²) < 4.78 is 6.61. The van der Waals surface area contributed by atoms with Crippen LogP contribution in [0.25, 0.3) is 11.3 Å². The van der Waals surface area contributed by atoms with Gasteiger partial charge >= 0.3 is 0 Å². The van der Waals surface area contributed by atoms with E-state index in [0.29, 0.717) is 23.8 Å². The molecule has 1 atom stereocenters. The molecule has 3 heterocycles. The number of nitrogens with one attached hydrogen (secondary N) is 2. The average Bonchev–Trinajstić information content (AvgIpc) is 3.14. The summed E-state index contributed by atoms with van der Waals surface area (Å²) in [7, 11) is -1.92. The molecule has 0 fully saturated rings. The Balaban J connectivity index is 1.67. The van der Waals surface area contributed by atoms with Gasteiger partial charge < -0.3 is 15.1 Å². The second-order valence-electron chi connectivity index (χ2n) is 10.5. The fourth-order valence-electron chi connectivity index (χ4n) is 3.68. The minimum atomic E-state index is -1.92. The summed E-state index contributed by atoms with van der Waals surface area (Å²) >= 11 is 0. The van der Waals surface area contributed by atoms with Crippen molar-refractivity contribution in [2.45, 2.75) is 51.2 Å². The predicted molar refractivity (Wildman–Crippen MR) is 136 cm³/mol. The van der Waals surface area contributed by atoms with Crippen LogP contribution in [0.4, 0.5) is 17.3 Å². The van der Waals surface area contributed by atoms with E-state index in [2.05, 4.69) is 83.5 Å². The molecule has 34 heavy (non-hydrogen) atoms. The normalized spacial score (nSPS) is 17.6. The highest BCUT2D eigenvalue weighted by Crippen LogP contribution is 2.43. The topological polar surface area (TPSA) is 109 Å². The number of fused-ring (bicyclic) bond motifs is 1. The second kappa shape index (κ2) is 8.78. The first kappa shape index (κ1) is 23.8. The van der Waals surface area contributed by atoms with Gasteiger partial charge in [0.05, 0.1) is 35.0 Å². The van der Waals surface area contributed by atoms with E-state index in [9.17, 15) is 5.26 Å². The molecule has 1 unspecified atom stereocenters. The van der Waals surface area contributed by atoms with Gasteiger partial charge in [0.1, 0.15) is 12.4 Å². The number of benzene rings is 1. The second-order valence-corrected chi connectivity index (χ2v) is 15.3. The number of anilines is 3. The van der Waals surface area contributed by atoms with E-state index in [1.807, 2.05) is 12.1 Å². The molecule has 0 spiro atoms. The SMILES string of the molecule is CC1(CO[Si](C)(C)C(C)(C)C)CNc2c(C#N)cc(-c3ccnc(Nc4cncnc4)n3)cc21. The number of nitriles is 1. The van der Waals surface area contributed by atoms with Crippen LogP contribution in [-0.4, -0.2) is 41.4 Å². The third kappa shape index (κ3) is 4.65. The van der Waals surface area contributed by atoms with Crippen molar-refractivity contribution in [3.63, 3.8) is 0 Å². The number of nitrogens with zero attached hydrogens (tertiary/aromatic N) is 5. The van der Waals surface area contributed by atoms with Crippen molar-refractivity contribution in [3.8, 4) is 17.3 Å². The molecule has 176 valence electrons. The maximum Gasteiger partial charge on any atom is 0.227 e. The Morgan fingerprint density at radius 1 is 1.24 bits per heavy atom. The van der Waals surface area contributed by atoms with E-state index < -0.39 is 8.32 Å². The van der Waals surface area contributed by atoms with Crippen molar-refractivity contribution in [2.75, 3.05) is 23.8 Å². The molecule has 1 aromatic carbocycles. The van der Waals surface area contributed by atoms with Gasteiger partial charge in [-0.15, -0.1) is 0 Å². The fourth-order valence-corrected chi connectivity index (χ4v) is 4.79. The summed E-state index contributed by atoms with van der Waals surface area (Å²) in [6.07, 6.45) is 6.49. The zero-order chi connectivity index (χ0) is 24.6. The van der Waals surface area contributed by atoms with E-state index in [1.54, 1.807) is 18.6 Å². The maximum absolute atomic E-state index is 9.89. The van der Waals surface area contributed by atoms with Crippen molar-refractivity contribution in [2.24, 2.45) is 0 Å². The van der Waals surface area contributed by atoms with Crippen molar-refractivity contribution < 1.29 is 4.43 Å². The van der Waals surface area contributed by atoms with Gasteiger partial charge in [0.2, 0.25) is 5.95 Å². The summed E-state index contributed by atoms with van der Waals surface area (Å²) in [5.41, 5.74) is 4.63. The van der Waals surface area contributed by atoms with Crippen molar-refractivity contribution >= 4 is 25.6 Å². The lowest BCUT2D eigenvalue weighted by Crippen LogP contribution is -2.45. The first-order chi connectivity index (χ1) is 16.0. The molecule has 0 aliphatic carbocycles. The van der Waals surface area contributed by atoms with Crippen LogP contribution in [0.2, 0.25) is 18.1 Å². The summed E-state index contributed by atoms with van der Waals surface area (Å²) in [6, 6.07) is 8.21. The molecule has 0 saturated carbocycles. The highest BCUT2D eigenvalue weighted by Gasteiger charge is 2.42. The lowest BCUT2D eigenvalue weighted by Gasteiger charge is -2.39. The lowest BCUT2D eigenvalue weighted by atomic mass is 9.83. The molecule has 1 aliphatic heterocycles. The molecule has 3 aromatic rings. The van der Waals surface area contributed by atoms with Gasteiger partial charge in [-0.25, -0.2) is 19.9 Å². The Morgan fingerprint density at radius 3 is 2.65 bits per heavy atom. The van der Waals surface area contributed by atoms with E-state index in [0.717, 1.165) is 29.1 Å². The van der Waals surface area contributed by atoms with E-state index in [1.165, 1.54) is 6.33 Å². The van der Waals surface area contributed by atoms with E-state index in [-0.39, 0.29) is 10.5 Å². The number of rotatable bonds is 6. The van der Waals surface area contributed by atoms with E-state index in [4.69, 9.17) is 4.43 Å². The van der Waals surface area contributed by atoms with Gasteiger partial charge in [-0.2, -0.15) is 5.26 Å². The molecular formula is C25H31N7OSi. The largest absolute Gasteiger partial charge is 0.416 e. The molecule has 2 N–H and O–H groups in total. The third-order valence-corrected chi connectivity index (χ3v) is 11.4. The average molecular weight is 474 g/mol. The van der Waals surface area contributed by atoms with Crippen molar-refractivity contribution in [1.82, 2.24) is 19.9 Å². The van der Waals surface area contributed by atoms with Crippen molar-refractivity contribution in [3.05, 3.63) is 54.2 Å². The van der Waals surface area contributed by atoms with Crippen LogP contribution in [0.1, 0.15) is 38.8 Å². The first-order valence-corrected chi connectivity index (χ1v) is 14.3. The smallest absolute Gasteiger partial charge is 0.227 e. The summed E-state index contributed by atoms with van der Waals surface area (Å²) in [5, 5.41) is 16.6. The van der Waals surface area contributed by atoms with Gasteiger partial charge in [-0.1, -0.05) is 27.7 Å². The van der Waals surface area contributed by atoms with Crippen LogP contribution >= 0.6 is 0 Å². The van der Waals surface area contributed by atoms with Gasteiger partial charge in [-0.05, 0) is 41.9 Å². The van der Waals surface area contributed by atoms with Crippen LogP contribution < -0.4 is 10.6 Å².